The van der Waals surface area contributed by atoms with Crippen LogP contribution in [0.3, 0.4) is 0 Å². The van der Waals surface area contributed by atoms with Gasteiger partial charge in [-0.05, 0) is 17.0 Å². The van der Waals surface area contributed by atoms with Crippen LogP contribution in [0, 0.1) is 0 Å². The fraction of sp³-hybridized carbons (Fsp3) is 0.316. The van der Waals surface area contributed by atoms with Crippen molar-refractivity contribution in [2.24, 2.45) is 0 Å². The molecule has 2 aromatic rings. The molecule has 2 N–H and O–H groups in total. The van der Waals surface area contributed by atoms with Crippen molar-refractivity contribution in [3.8, 4) is 0 Å². The highest BCUT2D eigenvalue weighted by Gasteiger charge is 2.12. The summed E-state index contributed by atoms with van der Waals surface area (Å²) in [4.78, 5) is 12.0. The third-order valence-corrected chi connectivity index (χ3v) is 3.71. The Morgan fingerprint density at radius 1 is 1.05 bits per heavy atom. The molecular weight excluding hydrogens is 274 g/mol. The number of carbonyl (C=O) groups is 1. The van der Waals surface area contributed by atoms with E-state index in [1.807, 2.05) is 67.6 Å². The summed E-state index contributed by atoms with van der Waals surface area (Å²) in [7, 11) is 0. The first-order valence-corrected chi connectivity index (χ1v) is 7.69. The predicted octanol–water partition coefficient (Wildman–Crippen LogP) is 2.90. The number of carbonyl (C=O) groups excluding carboxylic acids is 1. The minimum atomic E-state index is -0.557. The fourth-order valence-corrected chi connectivity index (χ4v) is 2.44. The zero-order valence-corrected chi connectivity index (χ0v) is 12.9. The first-order chi connectivity index (χ1) is 10.6. The zero-order valence-electron chi connectivity index (χ0n) is 12.9. The van der Waals surface area contributed by atoms with Crippen molar-refractivity contribution in [2.75, 3.05) is 6.54 Å². The van der Waals surface area contributed by atoms with Crippen molar-refractivity contribution < 1.29 is 9.90 Å². The summed E-state index contributed by atoms with van der Waals surface area (Å²) in [6, 6.07) is 19.8. The van der Waals surface area contributed by atoms with E-state index < -0.39 is 6.10 Å². The van der Waals surface area contributed by atoms with Gasteiger partial charge < -0.3 is 10.4 Å². The van der Waals surface area contributed by atoms with Crippen LogP contribution >= 0.6 is 0 Å². The molecule has 116 valence electrons. The minimum Gasteiger partial charge on any atom is -0.391 e. The number of hydrogen-bond donors (Lipinski definition) is 2. The average molecular weight is 297 g/mol. The van der Waals surface area contributed by atoms with Gasteiger partial charge in [0.15, 0.2) is 0 Å². The van der Waals surface area contributed by atoms with Gasteiger partial charge in [0.25, 0.3) is 0 Å². The topological polar surface area (TPSA) is 49.3 Å². The van der Waals surface area contributed by atoms with E-state index in [1.165, 1.54) is 0 Å². The van der Waals surface area contributed by atoms with Gasteiger partial charge >= 0.3 is 0 Å². The van der Waals surface area contributed by atoms with Crippen LogP contribution in [-0.2, 0) is 11.2 Å². The molecule has 1 amide bonds. The van der Waals surface area contributed by atoms with Crippen LogP contribution < -0.4 is 5.32 Å². The lowest BCUT2D eigenvalue weighted by atomic mass is 9.97. The van der Waals surface area contributed by atoms with Crippen LogP contribution in [-0.4, -0.2) is 23.7 Å². The number of hydrogen-bond acceptors (Lipinski definition) is 2. The van der Waals surface area contributed by atoms with Crippen LogP contribution in [0.5, 0.6) is 0 Å². The van der Waals surface area contributed by atoms with Crippen molar-refractivity contribution in [3.05, 3.63) is 71.8 Å². The molecule has 2 aromatic carbocycles. The van der Waals surface area contributed by atoms with E-state index in [1.54, 1.807) is 0 Å². The zero-order chi connectivity index (χ0) is 15.8. The van der Waals surface area contributed by atoms with E-state index in [0.29, 0.717) is 12.8 Å². The van der Waals surface area contributed by atoms with Gasteiger partial charge in [0.05, 0.1) is 6.10 Å². The lowest BCUT2D eigenvalue weighted by Crippen LogP contribution is -2.33. The first kappa shape index (κ1) is 16.2. The molecule has 3 nitrogen and oxygen atoms in total. The molecule has 0 fully saturated rings. The molecule has 0 radical (unpaired) electrons. The highest BCUT2D eigenvalue weighted by atomic mass is 16.3. The van der Waals surface area contributed by atoms with Crippen molar-refractivity contribution in [1.29, 1.82) is 0 Å². The van der Waals surface area contributed by atoms with Crippen molar-refractivity contribution >= 4 is 5.91 Å². The van der Waals surface area contributed by atoms with E-state index >= 15 is 0 Å². The molecule has 0 aliphatic rings. The van der Waals surface area contributed by atoms with Crippen molar-refractivity contribution in [3.63, 3.8) is 0 Å². The second kappa shape index (κ2) is 8.35. The summed E-state index contributed by atoms with van der Waals surface area (Å²) in [5, 5.41) is 12.8. The Labute approximate surface area is 132 Å². The Hall–Kier alpha value is -2.13. The van der Waals surface area contributed by atoms with Gasteiger partial charge in [0, 0.05) is 19.4 Å². The highest BCUT2D eigenvalue weighted by Crippen LogP contribution is 2.17. The van der Waals surface area contributed by atoms with Crippen LogP contribution in [0.2, 0.25) is 0 Å². The fourth-order valence-electron chi connectivity index (χ4n) is 2.44. The van der Waals surface area contributed by atoms with E-state index in [9.17, 15) is 9.90 Å². The first-order valence-electron chi connectivity index (χ1n) is 7.69. The Morgan fingerprint density at radius 3 is 2.27 bits per heavy atom. The van der Waals surface area contributed by atoms with Crippen LogP contribution in [0.15, 0.2) is 60.7 Å². The summed E-state index contributed by atoms with van der Waals surface area (Å²) >= 11 is 0. The van der Waals surface area contributed by atoms with Gasteiger partial charge in [-0.25, -0.2) is 0 Å². The number of rotatable bonds is 7. The second-order valence-corrected chi connectivity index (χ2v) is 5.66. The van der Waals surface area contributed by atoms with Crippen molar-refractivity contribution in [2.45, 2.75) is 31.8 Å². The van der Waals surface area contributed by atoms with Gasteiger partial charge in [-0.15, -0.1) is 0 Å². The number of aliphatic hydroxyl groups is 1. The molecule has 0 spiro atoms. The maximum atomic E-state index is 12.0. The molecule has 0 saturated carbocycles. The second-order valence-electron chi connectivity index (χ2n) is 5.66. The van der Waals surface area contributed by atoms with E-state index in [2.05, 4.69) is 5.32 Å². The molecule has 0 aliphatic heterocycles. The molecule has 0 heterocycles. The molecule has 0 bridgehead atoms. The number of benzene rings is 2. The monoisotopic (exact) mass is 297 g/mol. The molecule has 0 unspecified atom stereocenters. The molecule has 0 aromatic heterocycles. The molecule has 2 atom stereocenters. The Balaban J connectivity index is 1.73. The molecule has 0 saturated heterocycles. The Morgan fingerprint density at radius 2 is 1.64 bits per heavy atom. The lowest BCUT2D eigenvalue weighted by Gasteiger charge is -2.14. The summed E-state index contributed by atoms with van der Waals surface area (Å²) in [6.45, 7) is 2.32. The van der Waals surface area contributed by atoms with Gasteiger partial charge in [-0.1, -0.05) is 67.6 Å². The average Bonchev–Trinajstić information content (AvgIpc) is 2.55. The molecule has 2 rings (SSSR count). The number of nitrogens with one attached hydrogen (secondary N) is 1. The van der Waals surface area contributed by atoms with Crippen LogP contribution in [0.4, 0.5) is 0 Å². The SMILES string of the molecule is C[C@@H](CC(=O)NC[C@@H](O)Cc1ccccc1)c1ccccc1. The molecule has 22 heavy (non-hydrogen) atoms. The quantitative estimate of drug-likeness (QED) is 0.825. The van der Waals surface area contributed by atoms with Crippen LogP contribution in [0.25, 0.3) is 0 Å². The smallest absolute Gasteiger partial charge is 0.220 e. The minimum absolute atomic E-state index is 0.0246. The summed E-state index contributed by atoms with van der Waals surface area (Å²) < 4.78 is 0. The largest absolute Gasteiger partial charge is 0.391 e. The van der Waals surface area contributed by atoms with E-state index in [0.717, 1.165) is 11.1 Å². The van der Waals surface area contributed by atoms with E-state index in [-0.39, 0.29) is 18.4 Å². The number of aliphatic hydroxyl groups excluding tert-OH is 1. The highest BCUT2D eigenvalue weighted by molar-refractivity contribution is 5.76. The summed E-state index contributed by atoms with van der Waals surface area (Å²) in [5.41, 5.74) is 2.23. The molecular formula is C19H23NO2. The van der Waals surface area contributed by atoms with Gasteiger partial charge in [0.1, 0.15) is 0 Å². The maximum absolute atomic E-state index is 12.0. The maximum Gasteiger partial charge on any atom is 0.220 e. The molecule has 0 aliphatic carbocycles. The van der Waals surface area contributed by atoms with E-state index in [4.69, 9.17) is 0 Å². The standard InChI is InChI=1S/C19H23NO2/c1-15(17-10-6-3-7-11-17)12-19(22)20-14-18(21)13-16-8-4-2-5-9-16/h2-11,15,18,21H,12-14H2,1H3,(H,20,22)/t15-,18-/m0/s1. The normalized spacial score (nSPS) is 13.4. The van der Waals surface area contributed by atoms with Crippen molar-refractivity contribution in [1.82, 2.24) is 5.32 Å². The lowest BCUT2D eigenvalue weighted by molar-refractivity contribution is -0.121. The summed E-state index contributed by atoms with van der Waals surface area (Å²) in [5.74, 6) is 0.149. The Bertz CT molecular complexity index is 569. The third kappa shape index (κ3) is 5.34. The van der Waals surface area contributed by atoms with Gasteiger partial charge in [-0.2, -0.15) is 0 Å². The van der Waals surface area contributed by atoms with Crippen LogP contribution in [0.1, 0.15) is 30.4 Å². The van der Waals surface area contributed by atoms with Gasteiger partial charge in [0.2, 0.25) is 5.91 Å². The summed E-state index contributed by atoms with van der Waals surface area (Å²) in [6.07, 6.45) is 0.427. The Kier molecular flexibility index (Phi) is 6.16. The molecule has 3 heteroatoms. The number of amides is 1. The van der Waals surface area contributed by atoms with Gasteiger partial charge in [-0.3, -0.25) is 4.79 Å². The third-order valence-electron chi connectivity index (χ3n) is 3.71. The predicted molar refractivity (Wildman–Crippen MR) is 88.6 cm³/mol.